The Bertz CT molecular complexity index is 1360. The van der Waals surface area contributed by atoms with Crippen LogP contribution in [0.3, 0.4) is 0 Å². The standard InChI is InChI=1S/C31H32FNO6/c1-19(2)18-39-24-12-7-21(8-13-24)29(34)27-28(22-9-14-25(37-3)26(17-22)38-4)33(31(36)30(27)35)16-15-20-5-10-23(32)11-6-20/h5-14,17,19,28,34H,15-16,18H2,1-4H3/b29-27-. The van der Waals surface area contributed by atoms with Crippen LogP contribution in [0.15, 0.2) is 72.3 Å². The second kappa shape index (κ2) is 12.0. The van der Waals surface area contributed by atoms with Gasteiger partial charge in [-0.25, -0.2) is 4.39 Å². The molecule has 0 aliphatic carbocycles. The second-order valence-electron chi connectivity index (χ2n) is 9.71. The third-order valence-electron chi connectivity index (χ3n) is 6.53. The molecule has 1 fully saturated rings. The summed E-state index contributed by atoms with van der Waals surface area (Å²) in [5.41, 5.74) is 1.74. The Hall–Kier alpha value is -4.33. The first kappa shape index (κ1) is 27.7. The topological polar surface area (TPSA) is 85.3 Å². The Balaban J connectivity index is 1.75. The molecule has 0 bridgehead atoms. The monoisotopic (exact) mass is 533 g/mol. The second-order valence-corrected chi connectivity index (χ2v) is 9.71. The van der Waals surface area contributed by atoms with Crippen LogP contribution in [0, 0.1) is 11.7 Å². The zero-order chi connectivity index (χ0) is 28.1. The number of rotatable bonds is 10. The predicted molar refractivity (Wildman–Crippen MR) is 145 cm³/mol. The molecule has 1 aliphatic rings. The Morgan fingerprint density at radius 2 is 1.62 bits per heavy atom. The molecule has 0 aromatic heterocycles. The van der Waals surface area contributed by atoms with E-state index < -0.39 is 17.7 Å². The van der Waals surface area contributed by atoms with Gasteiger partial charge in [-0.3, -0.25) is 9.59 Å². The van der Waals surface area contributed by atoms with Crippen molar-refractivity contribution in [2.45, 2.75) is 26.3 Å². The Kier molecular flexibility index (Phi) is 8.54. The zero-order valence-corrected chi connectivity index (χ0v) is 22.4. The maximum absolute atomic E-state index is 13.4. The van der Waals surface area contributed by atoms with E-state index in [-0.39, 0.29) is 23.7 Å². The minimum absolute atomic E-state index is 0.0258. The number of ether oxygens (including phenoxy) is 3. The molecule has 0 saturated carbocycles. The average Bonchev–Trinajstić information content (AvgIpc) is 3.20. The van der Waals surface area contributed by atoms with Crippen molar-refractivity contribution in [3.63, 3.8) is 0 Å². The largest absolute Gasteiger partial charge is 0.507 e. The molecule has 1 heterocycles. The third kappa shape index (κ3) is 6.06. The number of aliphatic hydroxyl groups is 1. The summed E-state index contributed by atoms with van der Waals surface area (Å²) in [6, 6.07) is 17.0. The molecule has 1 amide bonds. The molecule has 8 heteroatoms. The van der Waals surface area contributed by atoms with E-state index in [0.717, 1.165) is 5.56 Å². The van der Waals surface area contributed by atoms with Crippen molar-refractivity contribution in [2.24, 2.45) is 5.92 Å². The van der Waals surface area contributed by atoms with Gasteiger partial charge in [0.25, 0.3) is 11.7 Å². The van der Waals surface area contributed by atoms with Crippen LogP contribution in [0.4, 0.5) is 4.39 Å². The van der Waals surface area contributed by atoms with Crippen LogP contribution < -0.4 is 14.2 Å². The normalized spacial score (nSPS) is 16.6. The van der Waals surface area contributed by atoms with E-state index in [0.29, 0.717) is 47.3 Å². The van der Waals surface area contributed by atoms with Gasteiger partial charge in [-0.1, -0.05) is 32.0 Å². The lowest BCUT2D eigenvalue weighted by molar-refractivity contribution is -0.139. The average molecular weight is 534 g/mol. The molecule has 1 saturated heterocycles. The van der Waals surface area contributed by atoms with Gasteiger partial charge in [-0.15, -0.1) is 0 Å². The number of aliphatic hydroxyl groups excluding tert-OH is 1. The van der Waals surface area contributed by atoms with Gasteiger partial charge in [0.2, 0.25) is 0 Å². The fraction of sp³-hybridized carbons (Fsp3) is 0.290. The molecule has 4 rings (SSSR count). The summed E-state index contributed by atoms with van der Waals surface area (Å²) in [6.45, 7) is 4.81. The number of halogens is 1. The highest BCUT2D eigenvalue weighted by molar-refractivity contribution is 6.46. The van der Waals surface area contributed by atoms with Gasteiger partial charge in [0.15, 0.2) is 11.5 Å². The van der Waals surface area contributed by atoms with E-state index >= 15 is 0 Å². The van der Waals surface area contributed by atoms with Crippen LogP contribution in [0.1, 0.15) is 36.6 Å². The maximum atomic E-state index is 13.4. The Labute approximate surface area is 227 Å². The van der Waals surface area contributed by atoms with E-state index in [1.807, 2.05) is 13.8 Å². The number of nitrogens with zero attached hydrogens (tertiary/aromatic N) is 1. The number of ketones is 1. The molecule has 0 spiro atoms. The fourth-order valence-corrected chi connectivity index (χ4v) is 4.51. The molecule has 0 radical (unpaired) electrons. The summed E-state index contributed by atoms with van der Waals surface area (Å²) in [4.78, 5) is 28.1. The van der Waals surface area contributed by atoms with E-state index in [4.69, 9.17) is 14.2 Å². The molecule has 39 heavy (non-hydrogen) atoms. The van der Waals surface area contributed by atoms with E-state index in [1.54, 1.807) is 54.6 Å². The molecule has 3 aromatic carbocycles. The predicted octanol–water partition coefficient (Wildman–Crippen LogP) is 5.54. The highest BCUT2D eigenvalue weighted by Crippen LogP contribution is 2.42. The van der Waals surface area contributed by atoms with Crippen LogP contribution in [0.2, 0.25) is 0 Å². The number of hydrogen-bond acceptors (Lipinski definition) is 6. The number of carbonyl (C=O) groups is 2. The zero-order valence-electron chi connectivity index (χ0n) is 22.4. The van der Waals surface area contributed by atoms with Crippen LogP contribution in [0.25, 0.3) is 5.76 Å². The lowest BCUT2D eigenvalue weighted by Gasteiger charge is -2.26. The summed E-state index contributed by atoms with van der Waals surface area (Å²) < 4.78 is 29.9. The molecule has 1 aliphatic heterocycles. The van der Waals surface area contributed by atoms with E-state index in [1.165, 1.54) is 31.3 Å². The molecular weight excluding hydrogens is 501 g/mol. The maximum Gasteiger partial charge on any atom is 0.295 e. The van der Waals surface area contributed by atoms with Gasteiger partial charge in [0, 0.05) is 12.1 Å². The minimum atomic E-state index is -0.873. The first-order valence-corrected chi connectivity index (χ1v) is 12.7. The summed E-state index contributed by atoms with van der Waals surface area (Å²) >= 11 is 0. The number of benzene rings is 3. The van der Waals surface area contributed by atoms with Crippen molar-refractivity contribution in [1.29, 1.82) is 0 Å². The van der Waals surface area contributed by atoms with Crippen LogP contribution >= 0.6 is 0 Å². The van der Waals surface area contributed by atoms with Crippen molar-refractivity contribution >= 4 is 17.4 Å². The first-order valence-electron chi connectivity index (χ1n) is 12.7. The highest BCUT2D eigenvalue weighted by atomic mass is 19.1. The van der Waals surface area contributed by atoms with Crippen molar-refractivity contribution in [3.05, 3.63) is 94.8 Å². The highest BCUT2D eigenvalue weighted by Gasteiger charge is 2.46. The molecule has 204 valence electrons. The SMILES string of the molecule is COc1ccc(C2/C(=C(/O)c3ccc(OCC(C)C)cc3)C(=O)C(=O)N2CCc2ccc(F)cc2)cc1OC. The van der Waals surface area contributed by atoms with Crippen molar-refractivity contribution in [3.8, 4) is 17.2 Å². The summed E-state index contributed by atoms with van der Waals surface area (Å²) in [7, 11) is 3.01. The smallest absolute Gasteiger partial charge is 0.295 e. The molecule has 3 aromatic rings. The number of likely N-dealkylation sites (tertiary alicyclic amines) is 1. The van der Waals surface area contributed by atoms with Gasteiger partial charge >= 0.3 is 0 Å². The third-order valence-corrected chi connectivity index (χ3v) is 6.53. The van der Waals surface area contributed by atoms with Crippen molar-refractivity contribution in [1.82, 2.24) is 4.90 Å². The Morgan fingerprint density at radius 1 is 0.949 bits per heavy atom. The van der Waals surface area contributed by atoms with Crippen LogP contribution in [-0.2, 0) is 16.0 Å². The quantitative estimate of drug-likeness (QED) is 0.209. The molecule has 1 unspecified atom stereocenters. The van der Waals surface area contributed by atoms with Gasteiger partial charge in [-0.05, 0) is 72.0 Å². The number of methoxy groups -OCH3 is 2. The van der Waals surface area contributed by atoms with Gasteiger partial charge in [0.1, 0.15) is 17.3 Å². The summed E-state index contributed by atoms with van der Waals surface area (Å²) in [5, 5.41) is 11.4. The van der Waals surface area contributed by atoms with Gasteiger partial charge in [-0.2, -0.15) is 0 Å². The van der Waals surface area contributed by atoms with E-state index in [2.05, 4.69) is 0 Å². The van der Waals surface area contributed by atoms with Crippen molar-refractivity contribution < 1.29 is 33.3 Å². The van der Waals surface area contributed by atoms with Crippen molar-refractivity contribution in [2.75, 3.05) is 27.4 Å². The fourth-order valence-electron chi connectivity index (χ4n) is 4.51. The number of carbonyl (C=O) groups excluding carboxylic acids is 2. The molecule has 7 nitrogen and oxygen atoms in total. The Morgan fingerprint density at radius 3 is 2.23 bits per heavy atom. The summed E-state index contributed by atoms with van der Waals surface area (Å²) in [6.07, 6.45) is 0.388. The van der Waals surface area contributed by atoms with Gasteiger partial charge in [0.05, 0.1) is 32.4 Å². The van der Waals surface area contributed by atoms with Crippen LogP contribution in [0.5, 0.6) is 17.2 Å². The number of amides is 1. The lowest BCUT2D eigenvalue weighted by atomic mass is 9.94. The van der Waals surface area contributed by atoms with Crippen LogP contribution in [-0.4, -0.2) is 49.1 Å². The molecular formula is C31H32FNO6. The minimum Gasteiger partial charge on any atom is -0.507 e. The molecule has 1 atom stereocenters. The summed E-state index contributed by atoms with van der Waals surface area (Å²) in [5.74, 6) is -0.256. The molecule has 1 N–H and O–H groups in total. The number of Topliss-reactive ketones (excluding diaryl/α,β-unsaturated/α-hetero) is 1. The van der Waals surface area contributed by atoms with Gasteiger partial charge < -0.3 is 24.2 Å². The van der Waals surface area contributed by atoms with E-state index in [9.17, 15) is 19.1 Å². The number of hydrogen-bond donors (Lipinski definition) is 1. The lowest BCUT2D eigenvalue weighted by Crippen LogP contribution is -2.31. The first-order chi connectivity index (χ1) is 18.7.